The van der Waals surface area contributed by atoms with E-state index in [1.54, 1.807) is 0 Å². The minimum atomic E-state index is -3.71. The SMILES string of the molecule is O=C(Nc1c2c(cc3c1CCC3)CCC2)NS(=O)(=O)CCNCc1ccccc1. The van der Waals surface area contributed by atoms with E-state index in [4.69, 9.17) is 0 Å². The highest BCUT2D eigenvalue weighted by Crippen LogP contribution is 2.38. The first-order chi connectivity index (χ1) is 14.0. The van der Waals surface area contributed by atoms with Gasteiger partial charge in [0.25, 0.3) is 0 Å². The number of nitrogens with one attached hydrogen (secondary N) is 3. The average molecular weight is 414 g/mol. The van der Waals surface area contributed by atoms with Crippen LogP contribution in [0.5, 0.6) is 0 Å². The zero-order valence-electron chi connectivity index (χ0n) is 16.5. The van der Waals surface area contributed by atoms with E-state index in [2.05, 4.69) is 21.4 Å². The number of amides is 2. The fourth-order valence-corrected chi connectivity index (χ4v) is 5.18. The third-order valence-corrected chi connectivity index (χ3v) is 6.92. The average Bonchev–Trinajstić information content (AvgIpc) is 3.34. The molecule has 2 aromatic carbocycles. The second kappa shape index (κ2) is 8.55. The summed E-state index contributed by atoms with van der Waals surface area (Å²) in [5, 5.41) is 5.96. The molecule has 0 unspecified atom stereocenters. The van der Waals surface area contributed by atoms with Gasteiger partial charge in [-0.25, -0.2) is 17.9 Å². The molecule has 0 bridgehead atoms. The molecule has 0 radical (unpaired) electrons. The van der Waals surface area contributed by atoms with E-state index >= 15 is 0 Å². The van der Waals surface area contributed by atoms with Gasteiger partial charge in [-0.3, -0.25) is 0 Å². The lowest BCUT2D eigenvalue weighted by Gasteiger charge is -2.16. The summed E-state index contributed by atoms with van der Waals surface area (Å²) in [4.78, 5) is 12.5. The minimum absolute atomic E-state index is 0.155. The molecule has 0 aromatic heterocycles. The molecule has 7 heteroatoms. The summed E-state index contributed by atoms with van der Waals surface area (Å²) in [5.41, 5.74) is 6.90. The van der Waals surface area contributed by atoms with Crippen LogP contribution in [0.1, 0.15) is 40.7 Å². The van der Waals surface area contributed by atoms with Crippen LogP contribution >= 0.6 is 0 Å². The highest BCUT2D eigenvalue weighted by Gasteiger charge is 2.25. The van der Waals surface area contributed by atoms with Crippen LogP contribution in [-0.2, 0) is 42.3 Å². The van der Waals surface area contributed by atoms with Crippen molar-refractivity contribution in [2.45, 2.75) is 45.1 Å². The van der Waals surface area contributed by atoms with Crippen molar-refractivity contribution in [2.75, 3.05) is 17.6 Å². The summed E-state index contributed by atoms with van der Waals surface area (Å²) in [7, 11) is -3.71. The molecule has 2 amide bonds. The molecule has 4 rings (SSSR count). The number of sulfonamides is 1. The Kier molecular flexibility index (Phi) is 5.87. The normalized spacial score (nSPS) is 15.0. The molecule has 2 aliphatic rings. The Bertz CT molecular complexity index is 971. The zero-order valence-corrected chi connectivity index (χ0v) is 17.3. The van der Waals surface area contributed by atoms with Gasteiger partial charge in [0.05, 0.1) is 5.75 Å². The van der Waals surface area contributed by atoms with Crippen molar-refractivity contribution in [3.63, 3.8) is 0 Å². The van der Waals surface area contributed by atoms with Gasteiger partial charge in [0.2, 0.25) is 10.0 Å². The molecule has 0 saturated heterocycles. The van der Waals surface area contributed by atoms with Crippen LogP contribution < -0.4 is 15.4 Å². The first-order valence-electron chi connectivity index (χ1n) is 10.2. The smallest absolute Gasteiger partial charge is 0.312 e. The maximum atomic E-state index is 12.5. The summed E-state index contributed by atoms with van der Waals surface area (Å²) >= 11 is 0. The molecule has 0 spiro atoms. The van der Waals surface area contributed by atoms with Gasteiger partial charge < -0.3 is 10.6 Å². The highest BCUT2D eigenvalue weighted by molar-refractivity contribution is 7.90. The lowest BCUT2D eigenvalue weighted by atomic mass is 9.99. The summed E-state index contributed by atoms with van der Waals surface area (Å²) in [6.45, 7) is 0.860. The summed E-state index contributed by atoms with van der Waals surface area (Å²) in [6.07, 6.45) is 6.11. The molecular formula is C22H27N3O3S. The van der Waals surface area contributed by atoms with E-state index in [9.17, 15) is 13.2 Å². The van der Waals surface area contributed by atoms with Crippen LogP contribution in [0.2, 0.25) is 0 Å². The lowest BCUT2D eigenvalue weighted by Crippen LogP contribution is -2.38. The maximum Gasteiger partial charge on any atom is 0.332 e. The first-order valence-corrected chi connectivity index (χ1v) is 11.9. The Labute approximate surface area is 172 Å². The molecule has 0 heterocycles. The summed E-state index contributed by atoms with van der Waals surface area (Å²) < 4.78 is 26.8. The van der Waals surface area contributed by atoms with Gasteiger partial charge in [-0.2, -0.15) is 0 Å². The topological polar surface area (TPSA) is 87.3 Å². The van der Waals surface area contributed by atoms with E-state index < -0.39 is 16.1 Å². The Morgan fingerprint density at radius 2 is 1.59 bits per heavy atom. The van der Waals surface area contributed by atoms with Gasteiger partial charge in [-0.05, 0) is 66.3 Å². The van der Waals surface area contributed by atoms with Crippen molar-refractivity contribution in [1.29, 1.82) is 0 Å². The molecule has 0 fully saturated rings. The predicted molar refractivity (Wildman–Crippen MR) is 115 cm³/mol. The van der Waals surface area contributed by atoms with Crippen LogP contribution in [0.3, 0.4) is 0 Å². The molecule has 0 aliphatic heterocycles. The van der Waals surface area contributed by atoms with Crippen LogP contribution in [0, 0.1) is 0 Å². The molecule has 29 heavy (non-hydrogen) atoms. The first kappa shape index (κ1) is 19.9. The quantitative estimate of drug-likeness (QED) is 0.609. The molecule has 6 nitrogen and oxygen atoms in total. The van der Waals surface area contributed by atoms with Gasteiger partial charge in [-0.15, -0.1) is 0 Å². The Morgan fingerprint density at radius 1 is 0.931 bits per heavy atom. The fraction of sp³-hybridized carbons (Fsp3) is 0.409. The Hall–Kier alpha value is -2.38. The number of carbonyl (C=O) groups is 1. The molecule has 3 N–H and O–H groups in total. The molecule has 0 saturated carbocycles. The van der Waals surface area contributed by atoms with Crippen molar-refractivity contribution in [2.24, 2.45) is 0 Å². The van der Waals surface area contributed by atoms with Crippen LogP contribution in [-0.4, -0.2) is 26.7 Å². The summed E-state index contributed by atoms with van der Waals surface area (Å²) in [5.74, 6) is -0.155. The Morgan fingerprint density at radius 3 is 2.24 bits per heavy atom. The van der Waals surface area contributed by atoms with Crippen molar-refractivity contribution in [1.82, 2.24) is 10.0 Å². The number of aryl methyl sites for hydroxylation is 2. The molecule has 2 aliphatic carbocycles. The molecule has 0 atom stereocenters. The van der Waals surface area contributed by atoms with Gasteiger partial charge >= 0.3 is 6.03 Å². The predicted octanol–water partition coefficient (Wildman–Crippen LogP) is 2.91. The number of hydrogen-bond donors (Lipinski definition) is 3. The van der Waals surface area contributed by atoms with Crippen molar-refractivity contribution >= 4 is 21.7 Å². The van der Waals surface area contributed by atoms with Gasteiger partial charge in [-0.1, -0.05) is 36.4 Å². The van der Waals surface area contributed by atoms with Gasteiger partial charge in [0.15, 0.2) is 0 Å². The number of rotatable bonds is 7. The fourth-order valence-electron chi connectivity index (χ4n) is 4.33. The number of anilines is 1. The van der Waals surface area contributed by atoms with E-state index in [0.717, 1.165) is 49.8 Å². The van der Waals surface area contributed by atoms with Crippen LogP contribution in [0.4, 0.5) is 10.5 Å². The van der Waals surface area contributed by atoms with E-state index in [1.165, 1.54) is 22.3 Å². The number of urea groups is 1. The number of benzene rings is 2. The highest BCUT2D eigenvalue weighted by atomic mass is 32.2. The third kappa shape index (κ3) is 4.79. The second-order valence-corrected chi connectivity index (χ2v) is 9.61. The van der Waals surface area contributed by atoms with Crippen molar-refractivity contribution in [3.05, 3.63) is 64.2 Å². The van der Waals surface area contributed by atoms with E-state index in [1.807, 2.05) is 30.3 Å². The monoisotopic (exact) mass is 413 g/mol. The molecular weight excluding hydrogens is 386 g/mol. The number of fused-ring (bicyclic) bond motifs is 2. The second-order valence-electron chi connectivity index (χ2n) is 7.77. The summed E-state index contributed by atoms with van der Waals surface area (Å²) in [6, 6.07) is 11.4. The third-order valence-electron chi connectivity index (χ3n) is 5.68. The number of hydrogen-bond acceptors (Lipinski definition) is 4. The van der Waals surface area contributed by atoms with Crippen LogP contribution in [0.15, 0.2) is 36.4 Å². The van der Waals surface area contributed by atoms with E-state index in [-0.39, 0.29) is 12.3 Å². The van der Waals surface area contributed by atoms with Gasteiger partial charge in [0.1, 0.15) is 0 Å². The Balaban J connectivity index is 1.34. The minimum Gasteiger partial charge on any atom is -0.312 e. The van der Waals surface area contributed by atoms with Crippen molar-refractivity contribution < 1.29 is 13.2 Å². The maximum absolute atomic E-state index is 12.5. The zero-order chi connectivity index (χ0) is 20.3. The standard InChI is InChI=1S/C22H27N3O3S/c26-22(25-29(27,28)13-12-23-15-16-6-2-1-3-7-16)24-21-19-10-4-8-17(19)14-18-9-5-11-20(18)21/h1-3,6-7,14,23H,4-5,8-13,15H2,(H2,24,25,26). The molecule has 2 aromatic rings. The van der Waals surface area contributed by atoms with Crippen molar-refractivity contribution in [3.8, 4) is 0 Å². The lowest BCUT2D eigenvalue weighted by molar-refractivity contribution is 0.256. The largest absolute Gasteiger partial charge is 0.332 e. The van der Waals surface area contributed by atoms with Gasteiger partial charge in [0, 0.05) is 18.8 Å². The van der Waals surface area contributed by atoms with Crippen LogP contribution in [0.25, 0.3) is 0 Å². The number of carbonyl (C=O) groups excluding carboxylic acids is 1. The van der Waals surface area contributed by atoms with E-state index in [0.29, 0.717) is 6.54 Å². The molecule has 154 valence electrons.